The molecular formula is C44H39N3O4S3. The molecule has 3 aliphatic rings. The maximum Gasteiger partial charge on any atom is 0.326 e. The van der Waals surface area contributed by atoms with Crippen LogP contribution < -0.4 is 19.7 Å². The maximum atomic E-state index is 13.9. The van der Waals surface area contributed by atoms with Gasteiger partial charge in [0.15, 0.2) is 0 Å². The number of ether oxygens (including phenoxy) is 1. The Bertz CT molecular complexity index is 2430. The summed E-state index contributed by atoms with van der Waals surface area (Å²) in [5, 5.41) is 0. The number of thiazole rings is 1. The third kappa shape index (κ3) is 6.78. The first-order valence-electron chi connectivity index (χ1n) is 18.3. The number of fused-ring (bicyclic) bond motifs is 3. The first kappa shape index (κ1) is 36.0. The van der Waals surface area contributed by atoms with Crippen molar-refractivity contribution in [2.24, 2.45) is 0 Å². The number of benzene rings is 4. The Morgan fingerprint density at radius 1 is 0.889 bits per heavy atom. The molecular weight excluding hydrogens is 731 g/mol. The van der Waals surface area contributed by atoms with Crippen LogP contribution in [0.3, 0.4) is 0 Å². The Kier molecular flexibility index (Phi) is 10.2. The lowest BCUT2D eigenvalue weighted by molar-refractivity contribution is -0.143. The number of rotatable bonds is 9. The molecule has 1 saturated heterocycles. The van der Waals surface area contributed by atoms with Crippen LogP contribution in [-0.2, 0) is 20.9 Å². The summed E-state index contributed by atoms with van der Waals surface area (Å²) in [4.78, 5) is 44.1. The zero-order valence-corrected chi connectivity index (χ0v) is 32.5. The molecule has 2 atom stereocenters. The van der Waals surface area contributed by atoms with Crippen LogP contribution >= 0.6 is 35.3 Å². The fourth-order valence-electron chi connectivity index (χ4n) is 7.89. The Morgan fingerprint density at radius 3 is 2.22 bits per heavy atom. The summed E-state index contributed by atoms with van der Waals surface area (Å²) < 4.78 is 7.86. The van der Waals surface area contributed by atoms with Gasteiger partial charge >= 0.3 is 5.97 Å². The van der Waals surface area contributed by atoms with Crippen molar-refractivity contribution in [3.05, 3.63) is 150 Å². The largest absolute Gasteiger partial charge is 0.465 e. The third-order valence-electron chi connectivity index (χ3n) is 10.3. The van der Waals surface area contributed by atoms with E-state index in [9.17, 15) is 14.4 Å². The molecule has 2 unspecified atom stereocenters. The van der Waals surface area contributed by atoms with Gasteiger partial charge in [-0.25, -0.2) is 0 Å². The molecule has 8 rings (SSSR count). The lowest BCUT2D eigenvalue weighted by atomic mass is 9.95. The predicted molar refractivity (Wildman–Crippen MR) is 224 cm³/mol. The van der Waals surface area contributed by atoms with Gasteiger partial charge in [0.25, 0.3) is 11.5 Å². The van der Waals surface area contributed by atoms with Crippen molar-refractivity contribution >= 4 is 85.5 Å². The number of anilines is 2. The van der Waals surface area contributed by atoms with Gasteiger partial charge < -0.3 is 9.64 Å². The maximum absolute atomic E-state index is 13.9. The minimum Gasteiger partial charge on any atom is -0.465 e. The molecule has 2 fully saturated rings. The molecule has 0 spiro atoms. The van der Waals surface area contributed by atoms with E-state index in [1.807, 2.05) is 25.1 Å². The molecule has 4 aromatic carbocycles. The minimum atomic E-state index is -0.530. The summed E-state index contributed by atoms with van der Waals surface area (Å²) in [7, 11) is 0. The molecule has 3 heterocycles. The normalized spacial score (nSPS) is 19.0. The quantitative estimate of drug-likeness (QED) is 0.0867. The smallest absolute Gasteiger partial charge is 0.326 e. The number of thiocarbonyl (C=S) groups is 1. The Labute approximate surface area is 327 Å². The molecule has 1 amide bonds. The molecule has 10 heteroatoms. The summed E-state index contributed by atoms with van der Waals surface area (Å²) in [6.07, 6.45) is 7.52. The van der Waals surface area contributed by atoms with Gasteiger partial charge in [-0.05, 0) is 96.5 Å². The molecule has 1 aromatic heterocycles. The zero-order chi connectivity index (χ0) is 37.3. The monoisotopic (exact) mass is 769 g/mol. The van der Waals surface area contributed by atoms with E-state index in [-0.39, 0.29) is 24.6 Å². The summed E-state index contributed by atoms with van der Waals surface area (Å²) in [6, 6.07) is 36.7. The first-order valence-corrected chi connectivity index (χ1v) is 20.4. The molecule has 0 radical (unpaired) electrons. The van der Waals surface area contributed by atoms with Crippen LogP contribution in [0.2, 0.25) is 0 Å². The highest BCUT2D eigenvalue weighted by Gasteiger charge is 2.42. The van der Waals surface area contributed by atoms with Crippen LogP contribution in [0.4, 0.5) is 11.4 Å². The average molecular weight is 770 g/mol. The van der Waals surface area contributed by atoms with Crippen molar-refractivity contribution in [2.45, 2.75) is 51.6 Å². The SMILES string of the molecule is CCOC(=O)Cn1c(=O)/c(=C/c2ccc3c(c2)C2CCCC2N3c2ccc(C=C(c3ccccc3)c3ccccc3)cc2)s/c1=C1/SC(=S)N(CC)C1=O. The number of hydrogen-bond donors (Lipinski definition) is 0. The number of hydrogen-bond acceptors (Lipinski definition) is 8. The van der Waals surface area contributed by atoms with Crippen LogP contribution in [0.5, 0.6) is 0 Å². The van der Waals surface area contributed by atoms with Gasteiger partial charge in [0.1, 0.15) is 20.4 Å². The van der Waals surface area contributed by atoms with E-state index in [1.54, 1.807) is 6.92 Å². The summed E-state index contributed by atoms with van der Waals surface area (Å²) in [6.45, 7) is 3.93. The molecule has 7 nitrogen and oxygen atoms in total. The van der Waals surface area contributed by atoms with Crippen molar-refractivity contribution in [3.63, 3.8) is 0 Å². The number of thioether (sulfide) groups is 1. The van der Waals surface area contributed by atoms with E-state index in [4.69, 9.17) is 17.0 Å². The number of aromatic nitrogens is 1. The topological polar surface area (TPSA) is 71.8 Å². The summed E-state index contributed by atoms with van der Waals surface area (Å²) in [5.41, 5.74) is 8.90. The summed E-state index contributed by atoms with van der Waals surface area (Å²) >= 11 is 7.84. The van der Waals surface area contributed by atoms with Gasteiger partial charge in [-0.3, -0.25) is 23.9 Å². The van der Waals surface area contributed by atoms with Gasteiger partial charge in [0.2, 0.25) is 0 Å². The van der Waals surface area contributed by atoms with Gasteiger partial charge in [-0.2, -0.15) is 0 Å². The van der Waals surface area contributed by atoms with Gasteiger partial charge in [0, 0.05) is 29.9 Å². The van der Waals surface area contributed by atoms with E-state index in [1.165, 1.54) is 66.2 Å². The molecule has 0 bridgehead atoms. The Hall–Kier alpha value is -5.03. The van der Waals surface area contributed by atoms with Crippen LogP contribution in [0.1, 0.15) is 66.8 Å². The molecule has 1 aliphatic carbocycles. The van der Waals surface area contributed by atoms with E-state index < -0.39 is 5.97 Å². The van der Waals surface area contributed by atoms with Crippen molar-refractivity contribution in [3.8, 4) is 0 Å². The van der Waals surface area contributed by atoms with Gasteiger partial charge in [-0.15, -0.1) is 11.3 Å². The van der Waals surface area contributed by atoms with Crippen molar-refractivity contribution in [1.82, 2.24) is 9.47 Å². The third-order valence-corrected chi connectivity index (χ3v) is 13.0. The molecule has 54 heavy (non-hydrogen) atoms. The lowest BCUT2D eigenvalue weighted by Gasteiger charge is -2.27. The Morgan fingerprint density at radius 2 is 1.57 bits per heavy atom. The Balaban J connectivity index is 1.15. The van der Waals surface area contributed by atoms with E-state index in [0.717, 1.165) is 30.4 Å². The minimum absolute atomic E-state index is 0.197. The highest BCUT2D eigenvalue weighted by atomic mass is 32.2. The van der Waals surface area contributed by atoms with E-state index in [2.05, 4.69) is 102 Å². The number of carbonyl (C=O) groups excluding carboxylic acids is 2. The van der Waals surface area contributed by atoms with Crippen LogP contribution in [0.25, 0.3) is 22.6 Å². The molecule has 272 valence electrons. The standard InChI is InChI=1S/C44H39N3O4S3/c1-3-45-42(50)40(54-44(45)52)43-46(27-39(48)51-4-2)41(49)38(53-43)26-29-20-23-37-35(25-29)33-16-11-17-36(33)47(37)32-21-18-28(19-22-32)24-34(30-12-7-5-8-13-30)31-14-9-6-10-15-31/h5-10,12-15,18-26,33,36H,3-4,11,16-17,27H2,1-2H3/b38-26-,43-40+. The van der Waals surface area contributed by atoms with Gasteiger partial charge in [0.05, 0.1) is 11.1 Å². The zero-order valence-electron chi connectivity index (χ0n) is 30.1. The molecule has 5 aromatic rings. The highest BCUT2D eigenvalue weighted by molar-refractivity contribution is 8.30. The van der Waals surface area contributed by atoms with Crippen molar-refractivity contribution in [2.75, 3.05) is 18.1 Å². The molecule has 0 N–H and O–H groups in total. The van der Waals surface area contributed by atoms with E-state index in [0.29, 0.717) is 36.9 Å². The second-order valence-electron chi connectivity index (χ2n) is 13.5. The molecule has 1 saturated carbocycles. The number of amides is 1. The van der Waals surface area contributed by atoms with Crippen molar-refractivity contribution < 1.29 is 14.3 Å². The summed E-state index contributed by atoms with van der Waals surface area (Å²) in [5.74, 6) is -0.392. The van der Waals surface area contributed by atoms with Crippen LogP contribution in [-0.4, -0.2) is 44.9 Å². The van der Waals surface area contributed by atoms with Crippen LogP contribution in [0, 0.1) is 0 Å². The highest BCUT2D eigenvalue weighted by Crippen LogP contribution is 2.52. The molecule has 2 aliphatic heterocycles. The fraction of sp³-hybridized carbons (Fsp3) is 0.227. The first-order chi connectivity index (χ1) is 26.3. The number of esters is 1. The predicted octanol–water partition coefficient (Wildman–Crippen LogP) is 7.67. The van der Waals surface area contributed by atoms with Gasteiger partial charge in [-0.1, -0.05) is 109 Å². The second-order valence-corrected chi connectivity index (χ2v) is 16.2. The van der Waals surface area contributed by atoms with E-state index >= 15 is 0 Å². The fourth-order valence-corrected chi connectivity index (χ4v) is 10.5. The average Bonchev–Trinajstić information content (AvgIpc) is 3.94. The number of nitrogens with zero attached hydrogens (tertiary/aromatic N) is 3. The number of carbonyl (C=O) groups is 2. The van der Waals surface area contributed by atoms with Crippen LogP contribution in [0.15, 0.2) is 108 Å². The lowest BCUT2D eigenvalue weighted by Crippen LogP contribution is -2.36. The van der Waals surface area contributed by atoms with Crippen molar-refractivity contribution in [1.29, 1.82) is 0 Å². The second kappa shape index (κ2) is 15.4.